The summed E-state index contributed by atoms with van der Waals surface area (Å²) in [6.07, 6.45) is 3.10. The largest absolute Gasteiger partial charge is 0.435 e. The van der Waals surface area contributed by atoms with Crippen molar-refractivity contribution in [2.75, 3.05) is 0 Å². The second-order valence-electron chi connectivity index (χ2n) is 6.08. The minimum absolute atomic E-state index is 0.0454. The average Bonchev–Trinajstić information content (AvgIpc) is 2.91. The molecule has 1 aromatic heterocycles. The summed E-state index contributed by atoms with van der Waals surface area (Å²) in [5, 5.41) is 0. The number of ether oxygens (including phenoxy) is 1. The predicted molar refractivity (Wildman–Crippen MR) is 105 cm³/mol. The van der Waals surface area contributed by atoms with Crippen molar-refractivity contribution in [2.45, 2.75) is 13.5 Å². The first-order valence-corrected chi connectivity index (χ1v) is 9.21. The summed E-state index contributed by atoms with van der Waals surface area (Å²) >= 11 is 1.19. The highest BCUT2D eigenvalue weighted by atomic mass is 32.1. The number of rotatable bonds is 5. The Morgan fingerprint density at radius 2 is 1.82 bits per heavy atom. The molecule has 0 unspecified atom stereocenters. The van der Waals surface area contributed by atoms with Crippen molar-refractivity contribution in [1.82, 2.24) is 4.57 Å². The van der Waals surface area contributed by atoms with Crippen molar-refractivity contribution in [3.05, 3.63) is 84.8 Å². The molecule has 0 spiro atoms. The Hall–Kier alpha value is -3.06. The summed E-state index contributed by atoms with van der Waals surface area (Å²) in [7, 11) is 1.60. The summed E-state index contributed by atoms with van der Waals surface area (Å²) in [4.78, 5) is 25.0. The normalized spacial score (nSPS) is 12.6. The van der Waals surface area contributed by atoms with Gasteiger partial charge < -0.3 is 9.30 Å². The molecule has 0 saturated heterocycles. The fourth-order valence-electron chi connectivity index (χ4n) is 2.64. The van der Waals surface area contributed by atoms with Gasteiger partial charge in [0.05, 0.1) is 4.53 Å². The number of carbonyl (C=O) groups is 1. The van der Waals surface area contributed by atoms with E-state index in [1.54, 1.807) is 37.4 Å². The zero-order valence-electron chi connectivity index (χ0n) is 15.2. The third-order valence-corrected chi connectivity index (χ3v) is 5.24. The minimum atomic E-state index is -2.89. The van der Waals surface area contributed by atoms with Gasteiger partial charge in [0.1, 0.15) is 10.4 Å². The molecule has 0 fully saturated rings. The highest BCUT2D eigenvalue weighted by Crippen LogP contribution is 2.15. The van der Waals surface area contributed by atoms with Crippen molar-refractivity contribution >= 4 is 29.3 Å². The second-order valence-corrected chi connectivity index (χ2v) is 7.15. The lowest BCUT2D eigenvalue weighted by Gasteiger charge is -2.03. The van der Waals surface area contributed by atoms with E-state index in [2.05, 4.69) is 4.74 Å². The van der Waals surface area contributed by atoms with Crippen LogP contribution in [0.4, 0.5) is 8.78 Å². The molecule has 4 nitrogen and oxygen atoms in total. The van der Waals surface area contributed by atoms with Crippen LogP contribution in [0.5, 0.6) is 5.75 Å². The highest BCUT2D eigenvalue weighted by molar-refractivity contribution is 7.07. The van der Waals surface area contributed by atoms with Crippen LogP contribution in [0, 0.1) is 6.92 Å². The molecule has 0 saturated carbocycles. The van der Waals surface area contributed by atoms with Gasteiger partial charge in [-0.05, 0) is 36.3 Å². The number of halogens is 2. The molecule has 0 radical (unpaired) electrons. The van der Waals surface area contributed by atoms with E-state index in [0.717, 1.165) is 5.56 Å². The first-order chi connectivity index (χ1) is 13.3. The zero-order valence-corrected chi connectivity index (χ0v) is 16.0. The van der Waals surface area contributed by atoms with Crippen LogP contribution in [0.25, 0.3) is 12.2 Å². The molecule has 3 aromatic rings. The second kappa shape index (κ2) is 8.31. The lowest BCUT2D eigenvalue weighted by atomic mass is 10.1. The van der Waals surface area contributed by atoms with Crippen molar-refractivity contribution in [2.24, 2.45) is 7.05 Å². The zero-order chi connectivity index (χ0) is 20.3. The topological polar surface area (TPSA) is 48.3 Å². The standard InChI is InChI=1S/C21H17F2NO3S/c1-13-5-3-4-6-16(13)17(25)12-19-24(2)20(26)18(28-19)11-14-7-9-15(10-8-14)27-21(22)23/h3-12,21H,1-2H3/b18-11-,19-12-. The van der Waals surface area contributed by atoms with Crippen molar-refractivity contribution < 1.29 is 18.3 Å². The van der Waals surface area contributed by atoms with Gasteiger partial charge in [0.25, 0.3) is 5.56 Å². The Kier molecular flexibility index (Phi) is 5.84. The Morgan fingerprint density at radius 1 is 1.14 bits per heavy atom. The average molecular weight is 401 g/mol. The summed E-state index contributed by atoms with van der Waals surface area (Å²) in [5.74, 6) is -0.126. The molecule has 0 aliphatic carbocycles. The molecule has 28 heavy (non-hydrogen) atoms. The lowest BCUT2D eigenvalue weighted by Crippen LogP contribution is -2.29. The SMILES string of the molecule is Cc1ccccc1C(=O)/C=c1\s/c(=C\c2ccc(OC(F)F)cc2)c(=O)n1C. The molecule has 0 atom stereocenters. The molecule has 7 heteroatoms. The van der Waals surface area contributed by atoms with Gasteiger partial charge in [-0.25, -0.2) is 0 Å². The first kappa shape index (κ1) is 19.7. The number of aryl methyl sites for hydroxylation is 1. The summed E-state index contributed by atoms with van der Waals surface area (Å²) in [5.41, 5.74) is 1.88. The Bertz CT molecular complexity index is 1180. The molecule has 144 valence electrons. The Labute approximate surface area is 163 Å². The number of hydrogen-bond acceptors (Lipinski definition) is 4. The molecule has 0 amide bonds. The van der Waals surface area contributed by atoms with E-state index in [4.69, 9.17) is 0 Å². The number of hydrogen-bond donors (Lipinski definition) is 0. The fraction of sp³-hybridized carbons (Fsp3) is 0.143. The number of carbonyl (C=O) groups excluding carboxylic acids is 1. The van der Waals surface area contributed by atoms with Crippen molar-refractivity contribution in [3.63, 3.8) is 0 Å². The Balaban J connectivity index is 1.97. The summed E-state index contributed by atoms with van der Waals surface area (Å²) < 4.78 is 31.1. The van der Waals surface area contributed by atoms with Crippen molar-refractivity contribution in [3.8, 4) is 5.75 Å². The third kappa shape index (κ3) is 4.43. The number of alkyl halides is 2. The number of Topliss-reactive ketones (excluding diaryl/α,β-unsaturated/α-hetero) is 1. The number of nitrogens with zero attached hydrogens (tertiary/aromatic N) is 1. The lowest BCUT2D eigenvalue weighted by molar-refractivity contribution is -0.0498. The maximum absolute atomic E-state index is 12.5. The van der Waals surface area contributed by atoms with Crippen LogP contribution in [-0.2, 0) is 7.05 Å². The molecule has 1 heterocycles. The van der Waals surface area contributed by atoms with E-state index < -0.39 is 6.61 Å². The van der Waals surface area contributed by atoms with E-state index in [0.29, 0.717) is 20.3 Å². The van der Waals surface area contributed by atoms with E-state index in [1.165, 1.54) is 34.1 Å². The van der Waals surface area contributed by atoms with E-state index in [1.807, 2.05) is 19.1 Å². The van der Waals surface area contributed by atoms with Gasteiger partial charge in [-0.15, -0.1) is 11.3 Å². The van der Waals surface area contributed by atoms with Gasteiger partial charge in [-0.1, -0.05) is 36.4 Å². The summed E-state index contributed by atoms with van der Waals surface area (Å²) in [6.45, 7) is -1.03. The highest BCUT2D eigenvalue weighted by Gasteiger charge is 2.08. The van der Waals surface area contributed by atoms with Crippen LogP contribution in [-0.4, -0.2) is 17.0 Å². The maximum atomic E-state index is 12.5. The van der Waals surface area contributed by atoms with Crippen LogP contribution < -0.4 is 19.5 Å². The van der Waals surface area contributed by atoms with E-state index in [9.17, 15) is 18.4 Å². The van der Waals surface area contributed by atoms with E-state index >= 15 is 0 Å². The number of thiazole rings is 1. The van der Waals surface area contributed by atoms with Crippen LogP contribution in [0.15, 0.2) is 53.3 Å². The maximum Gasteiger partial charge on any atom is 0.387 e. The molecule has 0 aliphatic heterocycles. The van der Waals surface area contributed by atoms with Gasteiger partial charge in [0, 0.05) is 18.7 Å². The minimum Gasteiger partial charge on any atom is -0.435 e. The molecule has 0 bridgehead atoms. The van der Waals surface area contributed by atoms with E-state index in [-0.39, 0.29) is 17.1 Å². The molecular weight excluding hydrogens is 384 g/mol. The van der Waals surface area contributed by atoms with Gasteiger partial charge in [-0.2, -0.15) is 8.78 Å². The quantitative estimate of drug-likeness (QED) is 0.618. The molecule has 3 rings (SSSR count). The van der Waals surface area contributed by atoms with Crippen LogP contribution >= 0.6 is 11.3 Å². The monoisotopic (exact) mass is 401 g/mol. The molecule has 0 N–H and O–H groups in total. The molecular formula is C21H17F2NO3S. The third-order valence-electron chi connectivity index (χ3n) is 4.13. The number of ketones is 1. The summed E-state index contributed by atoms with van der Waals surface area (Å²) in [6, 6.07) is 13.2. The smallest absolute Gasteiger partial charge is 0.387 e. The van der Waals surface area contributed by atoms with Gasteiger partial charge in [-0.3, -0.25) is 9.59 Å². The number of aromatic nitrogens is 1. The van der Waals surface area contributed by atoms with Gasteiger partial charge in [0.15, 0.2) is 5.78 Å². The van der Waals surface area contributed by atoms with Crippen molar-refractivity contribution in [1.29, 1.82) is 0 Å². The van der Waals surface area contributed by atoms with Crippen LogP contribution in [0.2, 0.25) is 0 Å². The Morgan fingerprint density at radius 3 is 2.46 bits per heavy atom. The molecule has 2 aromatic carbocycles. The van der Waals surface area contributed by atoms with Crippen LogP contribution in [0.1, 0.15) is 21.5 Å². The number of benzene rings is 2. The van der Waals surface area contributed by atoms with Gasteiger partial charge in [0.2, 0.25) is 0 Å². The van der Waals surface area contributed by atoms with Gasteiger partial charge >= 0.3 is 6.61 Å². The first-order valence-electron chi connectivity index (χ1n) is 8.39. The van der Waals surface area contributed by atoms with Crippen LogP contribution in [0.3, 0.4) is 0 Å². The fourth-order valence-corrected chi connectivity index (χ4v) is 3.67. The predicted octanol–water partition coefficient (Wildman–Crippen LogP) is 2.85. The molecule has 0 aliphatic rings.